The van der Waals surface area contributed by atoms with Crippen LogP contribution in [0.15, 0.2) is 24.3 Å². The first-order chi connectivity index (χ1) is 10.4. The normalized spacial score (nSPS) is 31.7. The highest BCUT2D eigenvalue weighted by Gasteiger charge is 2.44. The highest BCUT2D eigenvalue weighted by Crippen LogP contribution is 2.26. The number of carbonyl (C=O) groups is 1. The van der Waals surface area contributed by atoms with Gasteiger partial charge in [-0.15, -0.1) is 0 Å². The van der Waals surface area contributed by atoms with E-state index in [9.17, 15) is 20.1 Å². The predicted molar refractivity (Wildman–Crippen MR) is 72.2 cm³/mol. The maximum absolute atomic E-state index is 10.8. The van der Waals surface area contributed by atoms with Crippen LogP contribution in [0.1, 0.15) is 5.56 Å². The van der Waals surface area contributed by atoms with Gasteiger partial charge in [0.05, 0.1) is 13.0 Å². The molecule has 0 spiro atoms. The topological polar surface area (TPSA) is 137 Å². The van der Waals surface area contributed by atoms with E-state index < -0.39 is 43.3 Å². The number of hydrogen-bond acceptors (Lipinski definition) is 7. The highest BCUT2D eigenvalue weighted by molar-refractivity contribution is 5.71. The standard InChI is InChI=1S/C14H18O8/c15-6-9-11(18)12(19)13(20)14(22-9)21-8-4-2-1-3-7(8)5-10(16)17/h1-4,9,11-15,18-20H,5-6H2,(H,16,17). The molecule has 5 atom stereocenters. The van der Waals surface area contributed by atoms with Crippen molar-refractivity contribution < 1.29 is 39.8 Å². The molecule has 1 aliphatic heterocycles. The average molecular weight is 314 g/mol. The second kappa shape index (κ2) is 7.03. The Bertz CT molecular complexity index is 517. The molecule has 5 N–H and O–H groups in total. The summed E-state index contributed by atoms with van der Waals surface area (Å²) in [5.74, 6) is -0.876. The van der Waals surface area contributed by atoms with Gasteiger partial charge in [0.2, 0.25) is 6.29 Å². The number of carboxylic acid groups (broad SMARTS) is 1. The van der Waals surface area contributed by atoms with Gasteiger partial charge in [-0.3, -0.25) is 4.79 Å². The molecule has 1 heterocycles. The summed E-state index contributed by atoms with van der Waals surface area (Å²) in [5.41, 5.74) is 0.368. The number of aliphatic hydroxyl groups excluding tert-OH is 4. The first-order valence-electron chi connectivity index (χ1n) is 6.71. The van der Waals surface area contributed by atoms with Crippen LogP contribution >= 0.6 is 0 Å². The van der Waals surface area contributed by atoms with Gasteiger partial charge in [-0.05, 0) is 6.07 Å². The molecule has 22 heavy (non-hydrogen) atoms. The summed E-state index contributed by atoms with van der Waals surface area (Å²) in [6.07, 6.45) is -7.29. The van der Waals surface area contributed by atoms with E-state index in [2.05, 4.69) is 0 Å². The van der Waals surface area contributed by atoms with Gasteiger partial charge in [-0.2, -0.15) is 0 Å². The molecule has 1 aromatic rings. The number of ether oxygens (including phenoxy) is 2. The van der Waals surface area contributed by atoms with E-state index in [0.29, 0.717) is 5.56 Å². The Balaban J connectivity index is 2.17. The fourth-order valence-electron chi connectivity index (χ4n) is 2.22. The molecule has 122 valence electrons. The summed E-state index contributed by atoms with van der Waals surface area (Å²) >= 11 is 0. The summed E-state index contributed by atoms with van der Waals surface area (Å²) in [4.78, 5) is 10.8. The van der Waals surface area contributed by atoms with Crippen molar-refractivity contribution in [3.05, 3.63) is 29.8 Å². The molecular formula is C14H18O8. The van der Waals surface area contributed by atoms with Crippen molar-refractivity contribution in [1.82, 2.24) is 0 Å². The van der Waals surface area contributed by atoms with Crippen LogP contribution in [0, 0.1) is 0 Å². The van der Waals surface area contributed by atoms with E-state index in [1.54, 1.807) is 18.2 Å². The van der Waals surface area contributed by atoms with Crippen molar-refractivity contribution in [2.75, 3.05) is 6.61 Å². The Hall–Kier alpha value is -1.71. The maximum Gasteiger partial charge on any atom is 0.307 e. The van der Waals surface area contributed by atoms with Crippen LogP contribution in [0.25, 0.3) is 0 Å². The quantitative estimate of drug-likeness (QED) is 0.442. The van der Waals surface area contributed by atoms with Crippen molar-refractivity contribution in [1.29, 1.82) is 0 Å². The summed E-state index contributed by atoms with van der Waals surface area (Å²) < 4.78 is 10.6. The molecule has 0 aliphatic carbocycles. The lowest BCUT2D eigenvalue weighted by molar-refractivity contribution is -0.277. The largest absolute Gasteiger partial charge is 0.481 e. The lowest BCUT2D eigenvalue weighted by Gasteiger charge is -2.39. The molecular weight excluding hydrogens is 296 g/mol. The number of hydrogen-bond donors (Lipinski definition) is 5. The number of aliphatic carboxylic acids is 1. The molecule has 8 nitrogen and oxygen atoms in total. The van der Waals surface area contributed by atoms with Crippen LogP contribution in [0.3, 0.4) is 0 Å². The molecule has 1 saturated heterocycles. The van der Waals surface area contributed by atoms with E-state index >= 15 is 0 Å². The smallest absolute Gasteiger partial charge is 0.307 e. The van der Waals surface area contributed by atoms with Gasteiger partial charge in [0.25, 0.3) is 0 Å². The van der Waals surface area contributed by atoms with Crippen LogP contribution in [0.5, 0.6) is 5.75 Å². The fraction of sp³-hybridized carbons (Fsp3) is 0.500. The number of carboxylic acids is 1. The first-order valence-corrected chi connectivity index (χ1v) is 6.71. The monoisotopic (exact) mass is 314 g/mol. The minimum atomic E-state index is -1.55. The third kappa shape index (κ3) is 3.54. The Morgan fingerprint density at radius 1 is 1.14 bits per heavy atom. The lowest BCUT2D eigenvalue weighted by atomic mass is 9.99. The number of rotatable bonds is 5. The van der Waals surface area contributed by atoms with Crippen LogP contribution in [0.2, 0.25) is 0 Å². The summed E-state index contributed by atoms with van der Waals surface area (Å²) in [7, 11) is 0. The molecule has 1 aliphatic rings. The van der Waals surface area contributed by atoms with Crippen LogP contribution < -0.4 is 4.74 Å². The molecule has 1 fully saturated rings. The molecule has 8 heteroatoms. The van der Waals surface area contributed by atoms with Crippen LogP contribution in [-0.2, 0) is 16.0 Å². The molecule has 0 bridgehead atoms. The fourth-order valence-corrected chi connectivity index (χ4v) is 2.22. The Morgan fingerprint density at radius 3 is 2.45 bits per heavy atom. The van der Waals surface area contributed by atoms with Gasteiger partial charge in [-0.1, -0.05) is 18.2 Å². The van der Waals surface area contributed by atoms with E-state index in [0.717, 1.165) is 0 Å². The molecule has 0 amide bonds. The zero-order valence-electron chi connectivity index (χ0n) is 11.6. The molecule has 0 radical (unpaired) electrons. The van der Waals surface area contributed by atoms with Crippen molar-refractivity contribution >= 4 is 5.97 Å². The van der Waals surface area contributed by atoms with Gasteiger partial charge < -0.3 is 35.0 Å². The third-order valence-electron chi connectivity index (χ3n) is 3.41. The Morgan fingerprint density at radius 2 is 1.82 bits per heavy atom. The van der Waals surface area contributed by atoms with E-state index in [1.165, 1.54) is 6.07 Å². The first kappa shape index (κ1) is 16.7. The molecule has 0 aromatic heterocycles. The van der Waals surface area contributed by atoms with Gasteiger partial charge in [-0.25, -0.2) is 0 Å². The number of para-hydroxylation sites is 1. The van der Waals surface area contributed by atoms with Crippen molar-refractivity contribution in [2.45, 2.75) is 37.1 Å². The summed E-state index contributed by atoms with van der Waals surface area (Å²) in [5, 5.41) is 47.3. The van der Waals surface area contributed by atoms with Gasteiger partial charge in [0, 0.05) is 5.56 Å². The molecule has 5 unspecified atom stereocenters. The minimum Gasteiger partial charge on any atom is -0.481 e. The van der Waals surface area contributed by atoms with Crippen molar-refractivity contribution in [2.24, 2.45) is 0 Å². The van der Waals surface area contributed by atoms with Crippen molar-refractivity contribution in [3.8, 4) is 5.75 Å². The van der Waals surface area contributed by atoms with Crippen LogP contribution in [-0.4, -0.2) is 68.8 Å². The minimum absolute atomic E-state index is 0.175. The van der Waals surface area contributed by atoms with Gasteiger partial charge >= 0.3 is 5.97 Å². The average Bonchev–Trinajstić information content (AvgIpc) is 2.49. The Kier molecular flexibility index (Phi) is 5.33. The van der Waals surface area contributed by atoms with Gasteiger partial charge in [0.1, 0.15) is 30.2 Å². The number of benzene rings is 1. The van der Waals surface area contributed by atoms with Crippen molar-refractivity contribution in [3.63, 3.8) is 0 Å². The molecule has 2 rings (SSSR count). The van der Waals surface area contributed by atoms with E-state index in [4.69, 9.17) is 19.7 Å². The predicted octanol–water partition coefficient (Wildman–Crippen LogP) is -1.51. The number of aliphatic hydroxyl groups is 4. The molecule has 1 aromatic carbocycles. The third-order valence-corrected chi connectivity index (χ3v) is 3.41. The van der Waals surface area contributed by atoms with Crippen LogP contribution in [0.4, 0.5) is 0 Å². The van der Waals surface area contributed by atoms with E-state index in [-0.39, 0.29) is 12.2 Å². The second-order valence-corrected chi connectivity index (χ2v) is 4.99. The zero-order valence-corrected chi connectivity index (χ0v) is 11.6. The van der Waals surface area contributed by atoms with E-state index in [1.807, 2.05) is 0 Å². The zero-order chi connectivity index (χ0) is 16.3. The lowest BCUT2D eigenvalue weighted by Crippen LogP contribution is -2.60. The molecule has 0 saturated carbocycles. The Labute approximate surface area is 126 Å². The van der Waals surface area contributed by atoms with Gasteiger partial charge in [0.15, 0.2) is 0 Å². The summed E-state index contributed by atoms with van der Waals surface area (Å²) in [6.45, 7) is -0.568. The highest BCUT2D eigenvalue weighted by atomic mass is 16.7. The second-order valence-electron chi connectivity index (χ2n) is 4.99. The maximum atomic E-state index is 10.8. The summed E-state index contributed by atoms with van der Waals surface area (Å²) in [6, 6.07) is 6.30. The SMILES string of the molecule is O=C(O)Cc1ccccc1OC1OC(CO)C(O)C(O)C1O.